The lowest BCUT2D eigenvalue weighted by molar-refractivity contribution is 0.0649. The number of amides is 2. The number of hydrogen-bond acceptors (Lipinski definition) is 6. The summed E-state index contributed by atoms with van der Waals surface area (Å²) >= 11 is 0. The third-order valence-corrected chi connectivity index (χ3v) is 8.34. The van der Waals surface area contributed by atoms with Crippen molar-refractivity contribution in [2.24, 2.45) is 0 Å². The number of carbonyl (C=O) groups is 2. The van der Waals surface area contributed by atoms with Crippen molar-refractivity contribution in [2.45, 2.75) is 64.9 Å². The number of phosphoric ester groups is 1. The fourth-order valence-corrected chi connectivity index (χ4v) is 6.07. The number of unbranched alkanes of at least 4 members (excludes halogenated alkanes) is 1. The van der Waals surface area contributed by atoms with Crippen molar-refractivity contribution in [3.8, 4) is 5.75 Å². The summed E-state index contributed by atoms with van der Waals surface area (Å²) in [5.74, 6) is 0.265. The molecule has 2 aromatic rings. The minimum atomic E-state index is -4.22. The summed E-state index contributed by atoms with van der Waals surface area (Å²) in [7, 11) is -4.22. The van der Waals surface area contributed by atoms with E-state index in [2.05, 4.69) is 4.90 Å². The Morgan fingerprint density at radius 2 is 1.65 bits per heavy atom. The molecular weight excluding hydrogens is 491 g/mol. The van der Waals surface area contributed by atoms with Crippen LogP contribution in [0, 0.1) is 6.92 Å². The van der Waals surface area contributed by atoms with Crippen LogP contribution in [0.15, 0.2) is 42.5 Å². The van der Waals surface area contributed by atoms with Crippen LogP contribution < -0.4 is 4.52 Å². The monoisotopic (exact) mass is 528 g/mol. The van der Waals surface area contributed by atoms with Gasteiger partial charge in [0.15, 0.2) is 0 Å². The zero-order chi connectivity index (χ0) is 26.6. The van der Waals surface area contributed by atoms with Crippen LogP contribution >= 0.6 is 7.82 Å². The van der Waals surface area contributed by atoms with Crippen molar-refractivity contribution in [3.63, 3.8) is 0 Å². The van der Waals surface area contributed by atoms with Gasteiger partial charge in [-0.2, -0.15) is 0 Å². The molecule has 0 saturated carbocycles. The maximum Gasteiger partial charge on any atom is 0.527 e. The summed E-state index contributed by atoms with van der Waals surface area (Å²) in [5, 5.41) is 0. The van der Waals surface area contributed by atoms with E-state index < -0.39 is 7.82 Å². The van der Waals surface area contributed by atoms with Gasteiger partial charge in [-0.15, -0.1) is 0 Å². The number of fused-ring (bicyclic) bond motifs is 1. The number of benzene rings is 2. The van der Waals surface area contributed by atoms with Gasteiger partial charge in [-0.25, -0.2) is 4.57 Å². The van der Waals surface area contributed by atoms with E-state index in [0.29, 0.717) is 29.8 Å². The van der Waals surface area contributed by atoms with Crippen LogP contribution in [0.4, 0.5) is 0 Å². The van der Waals surface area contributed by atoms with Gasteiger partial charge in [0.05, 0.1) is 17.2 Å². The van der Waals surface area contributed by atoms with Crippen LogP contribution in [-0.4, -0.2) is 58.8 Å². The molecule has 1 N–H and O–H groups in total. The van der Waals surface area contributed by atoms with Crippen LogP contribution in [-0.2, 0) is 9.09 Å². The van der Waals surface area contributed by atoms with Gasteiger partial charge in [-0.3, -0.25) is 23.9 Å². The Kier molecular flexibility index (Phi) is 8.86. The van der Waals surface area contributed by atoms with Crippen LogP contribution in [0.2, 0.25) is 0 Å². The minimum absolute atomic E-state index is 0.195. The van der Waals surface area contributed by atoms with Gasteiger partial charge in [0, 0.05) is 6.54 Å². The molecule has 200 valence electrons. The molecule has 2 aromatic carbocycles. The van der Waals surface area contributed by atoms with E-state index >= 15 is 0 Å². The van der Waals surface area contributed by atoms with Crippen LogP contribution in [0.5, 0.6) is 5.75 Å². The lowest BCUT2D eigenvalue weighted by Gasteiger charge is -2.33. The Bertz CT molecular complexity index is 1140. The van der Waals surface area contributed by atoms with Gasteiger partial charge in [0.1, 0.15) is 5.75 Å². The second kappa shape index (κ2) is 11.9. The van der Waals surface area contributed by atoms with Crippen LogP contribution in [0.1, 0.15) is 83.7 Å². The molecule has 0 radical (unpaired) electrons. The summed E-state index contributed by atoms with van der Waals surface area (Å²) in [4.78, 5) is 39.1. The number of piperidine rings is 1. The summed E-state index contributed by atoms with van der Waals surface area (Å²) < 4.78 is 23.4. The molecule has 4 rings (SSSR count). The molecule has 37 heavy (non-hydrogen) atoms. The van der Waals surface area contributed by atoms with Crippen molar-refractivity contribution in [1.29, 1.82) is 0 Å². The van der Waals surface area contributed by atoms with E-state index in [1.54, 1.807) is 31.2 Å². The number of carbonyl (C=O) groups excluding carboxylic acids is 2. The first-order chi connectivity index (χ1) is 17.7. The zero-order valence-corrected chi connectivity index (χ0v) is 22.8. The number of imide groups is 1. The highest BCUT2D eigenvalue weighted by Crippen LogP contribution is 2.48. The van der Waals surface area contributed by atoms with Gasteiger partial charge >= 0.3 is 7.82 Å². The molecule has 2 amide bonds. The normalized spacial score (nSPS) is 19.1. The van der Waals surface area contributed by atoms with E-state index in [1.165, 1.54) is 4.90 Å². The Labute approximate surface area is 219 Å². The maximum atomic E-state index is 12.6. The van der Waals surface area contributed by atoms with E-state index in [0.717, 1.165) is 56.4 Å². The molecule has 0 aromatic heterocycles. The predicted octanol–water partition coefficient (Wildman–Crippen LogP) is 5.55. The molecule has 2 heterocycles. The largest absolute Gasteiger partial charge is 0.527 e. The topological polar surface area (TPSA) is 96.4 Å². The minimum Gasteiger partial charge on any atom is -0.404 e. The molecule has 8 nitrogen and oxygen atoms in total. The van der Waals surface area contributed by atoms with Crippen molar-refractivity contribution in [1.82, 2.24) is 9.80 Å². The lowest BCUT2D eigenvalue weighted by Crippen LogP contribution is -2.35. The molecule has 9 heteroatoms. The summed E-state index contributed by atoms with van der Waals surface area (Å²) in [6.07, 6.45) is 3.75. The number of phosphoric acid groups is 1. The molecule has 1 saturated heterocycles. The second-order valence-corrected chi connectivity index (χ2v) is 11.4. The summed E-state index contributed by atoms with van der Waals surface area (Å²) in [6.45, 7) is 8.73. The van der Waals surface area contributed by atoms with E-state index in [4.69, 9.17) is 9.05 Å². The molecule has 0 aliphatic carbocycles. The Morgan fingerprint density at radius 1 is 1.03 bits per heavy atom. The highest BCUT2D eigenvalue weighted by molar-refractivity contribution is 7.47. The highest BCUT2D eigenvalue weighted by Gasteiger charge is 2.34. The summed E-state index contributed by atoms with van der Waals surface area (Å²) in [5.41, 5.74) is 2.90. The molecule has 2 aliphatic heterocycles. The van der Waals surface area contributed by atoms with E-state index in [1.807, 2.05) is 32.0 Å². The number of aryl methyl sites for hydroxylation is 1. The predicted molar refractivity (Wildman–Crippen MR) is 142 cm³/mol. The molecule has 2 atom stereocenters. The number of hydrogen-bond donors (Lipinski definition) is 1. The first kappa shape index (κ1) is 27.5. The molecule has 0 bridgehead atoms. The van der Waals surface area contributed by atoms with Crippen molar-refractivity contribution >= 4 is 19.6 Å². The Balaban J connectivity index is 1.26. The smallest absolute Gasteiger partial charge is 0.404 e. The average Bonchev–Trinajstić information content (AvgIpc) is 3.11. The fourth-order valence-electron chi connectivity index (χ4n) is 5.02. The first-order valence-corrected chi connectivity index (χ1v) is 14.7. The third kappa shape index (κ3) is 6.68. The standard InChI is InChI=1S/C28H37N2O6P/c1-4-21(3)35-37(33,34)36-26-19-20(2)11-12-23(26)22-13-17-29(18-14-22)15-7-8-16-30-27(31)24-9-5-6-10-25(24)28(30)32/h5-6,9-12,19,21-22H,4,7-8,13-18H2,1-3H3,(H,33,34). The number of rotatable bonds is 11. The number of likely N-dealkylation sites (tertiary alicyclic amines) is 1. The van der Waals surface area contributed by atoms with Gasteiger partial charge < -0.3 is 9.42 Å². The molecule has 2 aliphatic rings. The Hall–Kier alpha value is -2.51. The van der Waals surface area contributed by atoms with Crippen molar-refractivity contribution in [3.05, 3.63) is 64.7 Å². The highest BCUT2D eigenvalue weighted by atomic mass is 31.2. The van der Waals surface area contributed by atoms with Gasteiger partial charge in [-0.05, 0) is 101 Å². The molecule has 0 spiro atoms. The first-order valence-electron chi connectivity index (χ1n) is 13.2. The van der Waals surface area contributed by atoms with Crippen molar-refractivity contribution < 1.29 is 28.1 Å². The van der Waals surface area contributed by atoms with Crippen LogP contribution in [0.3, 0.4) is 0 Å². The molecular formula is C28H37N2O6P. The molecule has 1 fully saturated rings. The molecule has 2 unspecified atom stereocenters. The number of nitrogens with zero attached hydrogens (tertiary/aromatic N) is 2. The fraction of sp³-hybridized carbons (Fsp3) is 0.500. The second-order valence-electron chi connectivity index (χ2n) is 10.1. The van der Waals surface area contributed by atoms with Gasteiger partial charge in [-0.1, -0.05) is 31.2 Å². The Morgan fingerprint density at radius 3 is 2.27 bits per heavy atom. The van der Waals surface area contributed by atoms with Crippen LogP contribution in [0.25, 0.3) is 0 Å². The maximum absolute atomic E-state index is 12.6. The third-order valence-electron chi connectivity index (χ3n) is 7.28. The quantitative estimate of drug-likeness (QED) is 0.232. The van der Waals surface area contributed by atoms with E-state index in [-0.39, 0.29) is 23.8 Å². The lowest BCUT2D eigenvalue weighted by atomic mass is 9.88. The average molecular weight is 529 g/mol. The van der Waals surface area contributed by atoms with E-state index in [9.17, 15) is 19.0 Å². The SMILES string of the molecule is CCC(C)OP(=O)(O)Oc1cc(C)ccc1C1CCN(CCCCN2C(=O)c3ccccc3C2=O)CC1. The van der Waals surface area contributed by atoms with Gasteiger partial charge in [0.25, 0.3) is 11.8 Å². The summed E-state index contributed by atoms with van der Waals surface area (Å²) in [6, 6.07) is 12.8. The zero-order valence-electron chi connectivity index (χ0n) is 21.9. The van der Waals surface area contributed by atoms with Gasteiger partial charge in [0.2, 0.25) is 0 Å². The van der Waals surface area contributed by atoms with Crippen molar-refractivity contribution in [2.75, 3.05) is 26.2 Å².